The zero-order chi connectivity index (χ0) is 17.4. The van der Waals surface area contributed by atoms with Gasteiger partial charge < -0.3 is 15.3 Å². The maximum absolute atomic E-state index is 11.6. The van der Waals surface area contributed by atoms with E-state index in [2.05, 4.69) is 4.98 Å². The van der Waals surface area contributed by atoms with Crippen LogP contribution in [0, 0.1) is 0 Å². The highest BCUT2D eigenvalue weighted by molar-refractivity contribution is 6.30. The summed E-state index contributed by atoms with van der Waals surface area (Å²) in [6.07, 6.45) is 0. The predicted octanol–water partition coefficient (Wildman–Crippen LogP) is 3.66. The van der Waals surface area contributed by atoms with Crippen LogP contribution < -0.4 is 0 Å². The van der Waals surface area contributed by atoms with Crippen LogP contribution in [0.3, 0.4) is 0 Å². The van der Waals surface area contributed by atoms with Gasteiger partial charge in [0, 0.05) is 16.0 Å². The number of aromatic nitrogens is 1. The highest BCUT2D eigenvalue weighted by atomic mass is 35.5. The number of benzene rings is 2. The molecule has 0 saturated heterocycles. The van der Waals surface area contributed by atoms with Crippen LogP contribution in [0.15, 0.2) is 42.5 Å². The quantitative estimate of drug-likeness (QED) is 0.669. The number of carboxylic acid groups (broad SMARTS) is 2. The van der Waals surface area contributed by atoms with Crippen molar-refractivity contribution in [1.82, 2.24) is 4.98 Å². The lowest BCUT2D eigenvalue weighted by molar-refractivity contribution is 0.0683. The Kier molecular flexibility index (Phi) is 3.83. The van der Waals surface area contributed by atoms with Crippen LogP contribution in [0.25, 0.3) is 22.2 Å². The summed E-state index contributed by atoms with van der Waals surface area (Å²) in [5.41, 5.74) is 0.349. The molecule has 6 nitrogen and oxygen atoms in total. The van der Waals surface area contributed by atoms with Gasteiger partial charge in [0.2, 0.25) is 0 Å². The zero-order valence-corrected chi connectivity index (χ0v) is 12.8. The van der Waals surface area contributed by atoms with Crippen molar-refractivity contribution in [3.8, 4) is 17.0 Å². The molecule has 3 aromatic rings. The lowest BCUT2D eigenvalue weighted by atomic mass is 10.0. The maximum Gasteiger partial charge on any atom is 0.340 e. The number of hydrogen-bond donors (Lipinski definition) is 3. The molecule has 0 fully saturated rings. The molecule has 0 aliphatic carbocycles. The zero-order valence-electron chi connectivity index (χ0n) is 12.0. The Morgan fingerprint density at radius 3 is 2.21 bits per heavy atom. The van der Waals surface area contributed by atoms with E-state index in [1.165, 1.54) is 18.2 Å². The Bertz CT molecular complexity index is 982. The van der Waals surface area contributed by atoms with Gasteiger partial charge in [-0.05, 0) is 30.3 Å². The SMILES string of the molecule is O=C(O)c1ccc2nc(-c3ccc(Cl)cc3)c(O)c(C(=O)O)c2c1. The fourth-order valence-corrected chi connectivity index (χ4v) is 2.54. The lowest BCUT2D eigenvalue weighted by Gasteiger charge is -2.11. The first-order chi connectivity index (χ1) is 11.4. The molecule has 0 spiro atoms. The van der Waals surface area contributed by atoms with Gasteiger partial charge in [0.05, 0.1) is 11.1 Å². The smallest absolute Gasteiger partial charge is 0.340 e. The van der Waals surface area contributed by atoms with E-state index in [9.17, 15) is 19.8 Å². The minimum absolute atomic E-state index is 0.0533. The molecule has 0 unspecified atom stereocenters. The molecule has 120 valence electrons. The van der Waals surface area contributed by atoms with E-state index in [-0.39, 0.29) is 22.2 Å². The van der Waals surface area contributed by atoms with E-state index in [1.54, 1.807) is 24.3 Å². The van der Waals surface area contributed by atoms with Crippen LogP contribution in [0.5, 0.6) is 5.75 Å². The maximum atomic E-state index is 11.6. The average molecular weight is 344 g/mol. The standard InChI is InChI=1S/C17H10ClNO5/c18-10-4-1-8(2-5-10)14-15(20)13(17(23)24)11-7-9(16(21)22)3-6-12(11)19-14/h1-7,20H,(H,21,22)(H,23,24). The highest BCUT2D eigenvalue weighted by Crippen LogP contribution is 2.36. The fourth-order valence-electron chi connectivity index (χ4n) is 2.41. The third kappa shape index (κ3) is 2.63. The van der Waals surface area contributed by atoms with Crippen molar-refractivity contribution in [3.05, 3.63) is 58.6 Å². The van der Waals surface area contributed by atoms with Crippen LogP contribution in [-0.4, -0.2) is 32.2 Å². The third-order valence-electron chi connectivity index (χ3n) is 3.54. The van der Waals surface area contributed by atoms with Crippen molar-refractivity contribution in [2.24, 2.45) is 0 Å². The Morgan fingerprint density at radius 1 is 0.958 bits per heavy atom. The van der Waals surface area contributed by atoms with Crippen molar-refractivity contribution < 1.29 is 24.9 Å². The van der Waals surface area contributed by atoms with Crippen LogP contribution in [-0.2, 0) is 0 Å². The van der Waals surface area contributed by atoms with E-state index in [0.29, 0.717) is 10.6 Å². The molecule has 7 heteroatoms. The molecular formula is C17H10ClNO5. The van der Waals surface area contributed by atoms with Crippen LogP contribution in [0.2, 0.25) is 5.02 Å². The minimum Gasteiger partial charge on any atom is -0.505 e. The second-order valence-electron chi connectivity index (χ2n) is 5.03. The van der Waals surface area contributed by atoms with E-state index in [4.69, 9.17) is 16.7 Å². The van der Waals surface area contributed by atoms with Crippen molar-refractivity contribution in [3.63, 3.8) is 0 Å². The molecule has 1 heterocycles. The molecule has 24 heavy (non-hydrogen) atoms. The molecule has 0 saturated carbocycles. The number of carboxylic acids is 2. The summed E-state index contributed by atoms with van der Waals surface area (Å²) in [4.78, 5) is 27.0. The molecule has 0 bridgehead atoms. The number of fused-ring (bicyclic) bond motifs is 1. The molecular weight excluding hydrogens is 334 g/mol. The molecule has 0 amide bonds. The van der Waals surface area contributed by atoms with Gasteiger partial charge in [0.25, 0.3) is 0 Å². The van der Waals surface area contributed by atoms with Crippen LogP contribution in [0.1, 0.15) is 20.7 Å². The number of pyridine rings is 1. The molecule has 0 atom stereocenters. The normalized spacial score (nSPS) is 10.7. The summed E-state index contributed by atoms with van der Waals surface area (Å²) in [6.45, 7) is 0. The Morgan fingerprint density at radius 2 is 1.62 bits per heavy atom. The molecule has 3 N–H and O–H groups in total. The van der Waals surface area contributed by atoms with Crippen LogP contribution in [0.4, 0.5) is 0 Å². The van der Waals surface area contributed by atoms with Gasteiger partial charge in [0.1, 0.15) is 11.3 Å². The average Bonchev–Trinajstić information content (AvgIpc) is 2.54. The van der Waals surface area contributed by atoms with E-state index in [1.807, 2.05) is 0 Å². The highest BCUT2D eigenvalue weighted by Gasteiger charge is 2.21. The number of nitrogens with zero attached hydrogens (tertiary/aromatic N) is 1. The van der Waals surface area contributed by atoms with Gasteiger partial charge in [0.15, 0.2) is 5.75 Å². The summed E-state index contributed by atoms with van der Waals surface area (Å²) < 4.78 is 0. The summed E-state index contributed by atoms with van der Waals surface area (Å²) in [7, 11) is 0. The number of rotatable bonds is 3. The predicted molar refractivity (Wildman–Crippen MR) is 87.8 cm³/mol. The van der Waals surface area contributed by atoms with Gasteiger partial charge >= 0.3 is 11.9 Å². The van der Waals surface area contributed by atoms with Crippen molar-refractivity contribution >= 4 is 34.4 Å². The topological polar surface area (TPSA) is 108 Å². The monoisotopic (exact) mass is 343 g/mol. The number of aromatic carboxylic acids is 2. The second kappa shape index (κ2) is 5.82. The van der Waals surface area contributed by atoms with Crippen molar-refractivity contribution in [1.29, 1.82) is 0 Å². The van der Waals surface area contributed by atoms with Crippen molar-refractivity contribution in [2.75, 3.05) is 0 Å². The van der Waals surface area contributed by atoms with Crippen molar-refractivity contribution in [2.45, 2.75) is 0 Å². The Balaban J connectivity index is 2.35. The Labute approximate surface area is 140 Å². The summed E-state index contributed by atoms with van der Waals surface area (Å²) in [5, 5.41) is 29.4. The van der Waals surface area contributed by atoms with Gasteiger partial charge in [-0.1, -0.05) is 23.7 Å². The van der Waals surface area contributed by atoms with Gasteiger partial charge in [-0.3, -0.25) is 0 Å². The van der Waals surface area contributed by atoms with Gasteiger partial charge in [-0.15, -0.1) is 0 Å². The summed E-state index contributed by atoms with van der Waals surface area (Å²) >= 11 is 5.83. The van der Waals surface area contributed by atoms with Gasteiger partial charge in [-0.25, -0.2) is 14.6 Å². The Hall–Kier alpha value is -3.12. The summed E-state index contributed by atoms with van der Waals surface area (Å²) in [6, 6.07) is 10.3. The van der Waals surface area contributed by atoms with E-state index >= 15 is 0 Å². The first-order valence-electron chi connectivity index (χ1n) is 6.77. The lowest BCUT2D eigenvalue weighted by Crippen LogP contribution is -2.03. The number of aromatic hydroxyl groups is 1. The second-order valence-corrected chi connectivity index (χ2v) is 5.47. The fraction of sp³-hybridized carbons (Fsp3) is 0. The molecule has 3 rings (SSSR count). The molecule has 0 aliphatic rings. The molecule has 0 radical (unpaired) electrons. The summed E-state index contributed by atoms with van der Waals surface area (Å²) in [5.74, 6) is -3.10. The minimum atomic E-state index is -1.38. The van der Waals surface area contributed by atoms with Gasteiger partial charge in [-0.2, -0.15) is 0 Å². The molecule has 1 aromatic heterocycles. The van der Waals surface area contributed by atoms with E-state index in [0.717, 1.165) is 0 Å². The molecule has 0 aliphatic heterocycles. The number of hydrogen-bond acceptors (Lipinski definition) is 4. The molecule has 2 aromatic carbocycles. The third-order valence-corrected chi connectivity index (χ3v) is 3.79. The first kappa shape index (κ1) is 15.8. The largest absolute Gasteiger partial charge is 0.505 e. The first-order valence-corrected chi connectivity index (χ1v) is 7.15. The van der Waals surface area contributed by atoms with E-state index < -0.39 is 23.3 Å². The number of carbonyl (C=O) groups is 2. The number of halogens is 1. The van der Waals surface area contributed by atoms with Crippen LogP contribution >= 0.6 is 11.6 Å².